The maximum absolute atomic E-state index is 13.4. The zero-order valence-electron chi connectivity index (χ0n) is 18.2. The summed E-state index contributed by atoms with van der Waals surface area (Å²) in [4.78, 5) is 14.3. The summed E-state index contributed by atoms with van der Waals surface area (Å²) in [7, 11) is 0. The SMILES string of the molecule is FC(F)(F)c1nc(N2CCc3c([nH]c4ccc(Cl)cc34)[C@@H]2CC2CCOCC2)nc(C(F)(F)F)n1. The molecule has 1 fully saturated rings. The third kappa shape index (κ3) is 4.77. The number of hydrogen-bond acceptors (Lipinski definition) is 5. The van der Waals surface area contributed by atoms with Crippen molar-refractivity contribution in [3.05, 3.63) is 46.1 Å². The molecule has 4 heterocycles. The van der Waals surface area contributed by atoms with Crippen LogP contribution < -0.4 is 4.90 Å². The number of benzene rings is 1. The zero-order chi connectivity index (χ0) is 25.0. The molecule has 188 valence electrons. The zero-order valence-corrected chi connectivity index (χ0v) is 18.9. The van der Waals surface area contributed by atoms with Crippen molar-refractivity contribution >= 4 is 28.5 Å². The number of aromatic nitrogens is 4. The quantitative estimate of drug-likeness (QED) is 0.432. The predicted octanol–water partition coefficient (Wildman–Crippen LogP) is 5.96. The molecular formula is C22H20ClF6N5O. The van der Waals surface area contributed by atoms with E-state index in [0.29, 0.717) is 31.1 Å². The van der Waals surface area contributed by atoms with Crippen molar-refractivity contribution < 1.29 is 31.1 Å². The van der Waals surface area contributed by atoms with Crippen molar-refractivity contribution in [2.24, 2.45) is 5.92 Å². The van der Waals surface area contributed by atoms with Crippen LogP contribution in [0.25, 0.3) is 10.9 Å². The Kier molecular flexibility index (Phi) is 6.07. The molecule has 1 N–H and O–H groups in total. The largest absolute Gasteiger partial charge is 0.451 e. The Morgan fingerprint density at radius 1 is 1.00 bits per heavy atom. The van der Waals surface area contributed by atoms with Crippen LogP contribution in [0.2, 0.25) is 5.02 Å². The number of nitrogens with one attached hydrogen (secondary N) is 1. The first-order valence-corrected chi connectivity index (χ1v) is 11.4. The fraction of sp³-hybridized carbons (Fsp3) is 0.500. The van der Waals surface area contributed by atoms with Crippen molar-refractivity contribution in [3.8, 4) is 0 Å². The molecule has 0 saturated carbocycles. The molecule has 35 heavy (non-hydrogen) atoms. The summed E-state index contributed by atoms with van der Waals surface area (Å²) in [6.45, 7) is 1.24. The van der Waals surface area contributed by atoms with Gasteiger partial charge in [0.05, 0.1) is 6.04 Å². The van der Waals surface area contributed by atoms with E-state index in [1.54, 1.807) is 18.2 Å². The van der Waals surface area contributed by atoms with Gasteiger partial charge in [0.25, 0.3) is 0 Å². The van der Waals surface area contributed by atoms with Crippen LogP contribution >= 0.6 is 11.6 Å². The molecule has 0 aliphatic carbocycles. The summed E-state index contributed by atoms with van der Waals surface area (Å²) >= 11 is 6.18. The molecule has 6 nitrogen and oxygen atoms in total. The summed E-state index contributed by atoms with van der Waals surface area (Å²) in [5.41, 5.74) is 2.46. The number of hydrogen-bond donors (Lipinski definition) is 1. The minimum atomic E-state index is -5.16. The van der Waals surface area contributed by atoms with Crippen LogP contribution in [0.5, 0.6) is 0 Å². The predicted molar refractivity (Wildman–Crippen MR) is 115 cm³/mol. The lowest BCUT2D eigenvalue weighted by Gasteiger charge is -2.38. The molecule has 1 atom stereocenters. The van der Waals surface area contributed by atoms with E-state index >= 15 is 0 Å². The molecule has 13 heteroatoms. The van der Waals surface area contributed by atoms with Crippen LogP contribution in [0.4, 0.5) is 32.3 Å². The highest BCUT2D eigenvalue weighted by Gasteiger charge is 2.43. The van der Waals surface area contributed by atoms with Gasteiger partial charge in [0.2, 0.25) is 17.6 Å². The highest BCUT2D eigenvalue weighted by molar-refractivity contribution is 6.31. The number of rotatable bonds is 3. The van der Waals surface area contributed by atoms with Gasteiger partial charge in [-0.3, -0.25) is 0 Å². The third-order valence-corrected chi connectivity index (χ3v) is 6.73. The molecule has 0 unspecified atom stereocenters. The van der Waals surface area contributed by atoms with Gasteiger partial charge < -0.3 is 14.6 Å². The van der Waals surface area contributed by atoms with E-state index in [-0.39, 0.29) is 12.5 Å². The fourth-order valence-electron chi connectivity index (χ4n) is 4.87. The van der Waals surface area contributed by atoms with Crippen LogP contribution in [0.3, 0.4) is 0 Å². The van der Waals surface area contributed by atoms with E-state index in [9.17, 15) is 26.3 Å². The van der Waals surface area contributed by atoms with Gasteiger partial charge >= 0.3 is 12.4 Å². The maximum atomic E-state index is 13.4. The molecule has 3 aromatic rings. The number of ether oxygens (including phenoxy) is 1. The van der Waals surface area contributed by atoms with E-state index < -0.39 is 36.0 Å². The molecular weight excluding hydrogens is 500 g/mol. The minimum absolute atomic E-state index is 0.138. The van der Waals surface area contributed by atoms with E-state index in [0.717, 1.165) is 35.0 Å². The topological polar surface area (TPSA) is 66.9 Å². The van der Waals surface area contributed by atoms with Crippen LogP contribution in [0.1, 0.15) is 48.2 Å². The van der Waals surface area contributed by atoms with Gasteiger partial charge in [0.1, 0.15) is 0 Å². The van der Waals surface area contributed by atoms with Crippen molar-refractivity contribution in [3.63, 3.8) is 0 Å². The van der Waals surface area contributed by atoms with Crippen molar-refractivity contribution in [1.29, 1.82) is 0 Å². The summed E-state index contributed by atoms with van der Waals surface area (Å²) in [6.07, 6.45) is -7.98. The van der Waals surface area contributed by atoms with Gasteiger partial charge in [0.15, 0.2) is 0 Å². The van der Waals surface area contributed by atoms with Crippen molar-refractivity contribution in [2.45, 2.75) is 44.1 Å². The first kappa shape index (κ1) is 24.1. The van der Waals surface area contributed by atoms with Gasteiger partial charge in [-0.2, -0.15) is 36.3 Å². The molecule has 2 aliphatic heterocycles. The monoisotopic (exact) mass is 519 g/mol. The van der Waals surface area contributed by atoms with Gasteiger partial charge in [-0.25, -0.2) is 4.98 Å². The first-order valence-electron chi connectivity index (χ1n) is 11.1. The average molecular weight is 520 g/mol. The lowest BCUT2D eigenvalue weighted by atomic mass is 9.87. The van der Waals surface area contributed by atoms with Crippen LogP contribution in [0, 0.1) is 5.92 Å². The van der Waals surface area contributed by atoms with E-state index in [1.165, 1.54) is 4.90 Å². The number of H-pyrrole nitrogens is 1. The Hall–Kier alpha value is -2.60. The summed E-state index contributed by atoms with van der Waals surface area (Å²) < 4.78 is 85.9. The second-order valence-corrected chi connectivity index (χ2v) is 9.17. The Labute approximate surface area is 200 Å². The smallest absolute Gasteiger partial charge is 0.381 e. The molecule has 0 bridgehead atoms. The number of aromatic amines is 1. The highest BCUT2D eigenvalue weighted by Crippen LogP contribution is 2.42. The normalized spacial score (nSPS) is 19.9. The van der Waals surface area contributed by atoms with Crippen molar-refractivity contribution in [1.82, 2.24) is 19.9 Å². The molecule has 0 spiro atoms. The molecule has 5 rings (SSSR count). The van der Waals surface area contributed by atoms with Gasteiger partial charge in [-0.15, -0.1) is 0 Å². The molecule has 2 aromatic heterocycles. The minimum Gasteiger partial charge on any atom is -0.381 e. The second-order valence-electron chi connectivity index (χ2n) is 8.74. The summed E-state index contributed by atoms with van der Waals surface area (Å²) in [5.74, 6) is -4.20. The Balaban J connectivity index is 1.63. The number of alkyl halides is 6. The second kappa shape index (κ2) is 8.81. The third-order valence-electron chi connectivity index (χ3n) is 6.50. The number of halogens is 7. The van der Waals surface area contributed by atoms with Crippen LogP contribution in [0.15, 0.2) is 18.2 Å². The van der Waals surface area contributed by atoms with E-state index in [1.807, 2.05) is 0 Å². The Morgan fingerprint density at radius 2 is 1.66 bits per heavy atom. The lowest BCUT2D eigenvalue weighted by molar-refractivity contribution is -0.155. The van der Waals surface area contributed by atoms with Gasteiger partial charge in [0, 0.05) is 41.4 Å². The van der Waals surface area contributed by atoms with Crippen molar-refractivity contribution in [2.75, 3.05) is 24.7 Å². The van der Waals surface area contributed by atoms with Crippen LogP contribution in [-0.4, -0.2) is 39.7 Å². The summed E-state index contributed by atoms with van der Waals surface area (Å²) in [5, 5.41) is 1.41. The van der Waals surface area contributed by atoms with Crippen LogP contribution in [-0.2, 0) is 23.5 Å². The lowest BCUT2D eigenvalue weighted by Crippen LogP contribution is -2.39. The highest BCUT2D eigenvalue weighted by atomic mass is 35.5. The number of nitrogens with zero attached hydrogens (tertiary/aromatic N) is 4. The Bertz CT molecular complexity index is 1210. The molecule has 0 amide bonds. The molecule has 0 radical (unpaired) electrons. The fourth-order valence-corrected chi connectivity index (χ4v) is 5.04. The van der Waals surface area contributed by atoms with Gasteiger partial charge in [-0.05, 0) is 55.4 Å². The average Bonchev–Trinajstić information content (AvgIpc) is 3.17. The van der Waals surface area contributed by atoms with E-state index in [2.05, 4.69) is 19.9 Å². The molecule has 1 saturated heterocycles. The van der Waals surface area contributed by atoms with Gasteiger partial charge in [-0.1, -0.05) is 11.6 Å². The Morgan fingerprint density at radius 3 is 2.29 bits per heavy atom. The molecule has 1 aromatic carbocycles. The first-order chi connectivity index (χ1) is 16.5. The molecule has 2 aliphatic rings. The standard InChI is InChI=1S/C22H20ClF6N5O/c23-12-1-2-15-14(10-12)13-3-6-34(16(17(13)30-15)9-11-4-7-35-8-5-11)20-32-18(21(24,25)26)31-19(33-20)22(27,28)29/h1-2,10-11,16,30H,3-9H2/t16-/m0/s1. The maximum Gasteiger partial charge on any atom is 0.451 e. The van der Waals surface area contributed by atoms with E-state index in [4.69, 9.17) is 16.3 Å². The summed E-state index contributed by atoms with van der Waals surface area (Å²) in [6, 6.07) is 4.77. The number of fused-ring (bicyclic) bond motifs is 3. The number of anilines is 1.